The second-order valence-corrected chi connectivity index (χ2v) is 4.96. The van der Waals surface area contributed by atoms with Crippen LogP contribution in [-0.2, 0) is 5.54 Å². The summed E-state index contributed by atoms with van der Waals surface area (Å²) in [5.74, 6) is 1.51. The molecule has 2 aliphatic heterocycles. The summed E-state index contributed by atoms with van der Waals surface area (Å²) >= 11 is 0. The zero-order valence-corrected chi connectivity index (χ0v) is 9.70. The number of hydrogen-bond donors (Lipinski definition) is 1. The zero-order valence-electron chi connectivity index (χ0n) is 9.70. The molecule has 5 heteroatoms. The van der Waals surface area contributed by atoms with Crippen molar-refractivity contribution < 1.29 is 4.52 Å². The maximum Gasteiger partial charge on any atom is 0.266 e. The van der Waals surface area contributed by atoms with E-state index in [2.05, 4.69) is 27.3 Å². The third-order valence-electron chi connectivity index (χ3n) is 3.64. The van der Waals surface area contributed by atoms with Crippen molar-refractivity contribution in [2.24, 2.45) is 0 Å². The fourth-order valence-corrected chi connectivity index (χ4v) is 2.56. The average molecular weight is 222 g/mol. The van der Waals surface area contributed by atoms with E-state index in [-0.39, 0.29) is 5.54 Å². The van der Waals surface area contributed by atoms with Gasteiger partial charge < -0.3 is 14.7 Å². The van der Waals surface area contributed by atoms with Crippen LogP contribution in [0.2, 0.25) is 0 Å². The quantitative estimate of drug-likeness (QED) is 0.816. The molecule has 1 atom stereocenters. The van der Waals surface area contributed by atoms with Gasteiger partial charge >= 0.3 is 0 Å². The number of nitrogens with zero attached hydrogens (tertiary/aromatic N) is 3. The third kappa shape index (κ3) is 1.59. The van der Waals surface area contributed by atoms with Gasteiger partial charge in [0.1, 0.15) is 0 Å². The van der Waals surface area contributed by atoms with Gasteiger partial charge in [0.05, 0.1) is 5.54 Å². The molecule has 1 N–H and O–H groups in total. The van der Waals surface area contributed by atoms with Crippen LogP contribution in [-0.4, -0.2) is 29.8 Å². The SMILES string of the molecule is CC1(c2nc(N3CCCC3)no2)CCCN1. The van der Waals surface area contributed by atoms with Crippen molar-refractivity contribution in [3.05, 3.63) is 5.89 Å². The van der Waals surface area contributed by atoms with Crippen LogP contribution in [0.25, 0.3) is 0 Å². The summed E-state index contributed by atoms with van der Waals surface area (Å²) in [7, 11) is 0. The molecule has 5 nitrogen and oxygen atoms in total. The van der Waals surface area contributed by atoms with Gasteiger partial charge in [0.15, 0.2) is 0 Å². The normalized spacial score (nSPS) is 30.2. The molecule has 0 saturated carbocycles. The molecular weight excluding hydrogens is 204 g/mol. The first-order valence-corrected chi connectivity index (χ1v) is 6.12. The lowest BCUT2D eigenvalue weighted by Crippen LogP contribution is -2.33. The lowest BCUT2D eigenvalue weighted by molar-refractivity contribution is 0.275. The summed E-state index contributed by atoms with van der Waals surface area (Å²) in [4.78, 5) is 6.73. The van der Waals surface area contributed by atoms with Crippen LogP contribution >= 0.6 is 0 Å². The van der Waals surface area contributed by atoms with Crippen molar-refractivity contribution in [2.75, 3.05) is 24.5 Å². The molecule has 2 saturated heterocycles. The van der Waals surface area contributed by atoms with E-state index in [0.29, 0.717) is 0 Å². The van der Waals surface area contributed by atoms with Gasteiger partial charge in [0.25, 0.3) is 5.95 Å². The van der Waals surface area contributed by atoms with Gasteiger partial charge in [0, 0.05) is 13.1 Å². The van der Waals surface area contributed by atoms with Gasteiger partial charge in [-0.3, -0.25) is 0 Å². The zero-order chi connectivity index (χ0) is 11.0. The van der Waals surface area contributed by atoms with Gasteiger partial charge in [-0.05, 0) is 44.3 Å². The van der Waals surface area contributed by atoms with Crippen molar-refractivity contribution in [1.82, 2.24) is 15.5 Å². The standard InChI is InChI=1S/C11H18N4O/c1-11(5-4-6-12-11)9-13-10(14-16-9)15-7-2-3-8-15/h12H,2-8H2,1H3. The molecule has 2 fully saturated rings. The molecule has 3 rings (SSSR count). The molecule has 16 heavy (non-hydrogen) atoms. The van der Waals surface area contributed by atoms with Crippen LogP contribution in [0.4, 0.5) is 5.95 Å². The molecule has 0 spiro atoms. The Bertz CT molecular complexity index is 364. The predicted molar refractivity (Wildman–Crippen MR) is 60.3 cm³/mol. The monoisotopic (exact) mass is 222 g/mol. The highest BCUT2D eigenvalue weighted by molar-refractivity contribution is 5.30. The molecule has 0 amide bonds. The summed E-state index contributed by atoms with van der Waals surface area (Å²) in [6, 6.07) is 0. The largest absolute Gasteiger partial charge is 0.338 e. The summed E-state index contributed by atoms with van der Waals surface area (Å²) in [6.45, 7) is 5.30. The van der Waals surface area contributed by atoms with Crippen LogP contribution in [0.3, 0.4) is 0 Å². The van der Waals surface area contributed by atoms with Crippen LogP contribution < -0.4 is 10.2 Å². The lowest BCUT2D eigenvalue weighted by Gasteiger charge is -2.18. The van der Waals surface area contributed by atoms with Gasteiger partial charge in [-0.1, -0.05) is 0 Å². The lowest BCUT2D eigenvalue weighted by atomic mass is 10.0. The highest BCUT2D eigenvalue weighted by Crippen LogP contribution is 2.30. The molecule has 0 aliphatic carbocycles. The second-order valence-electron chi connectivity index (χ2n) is 4.96. The fraction of sp³-hybridized carbons (Fsp3) is 0.818. The summed E-state index contributed by atoms with van der Waals surface area (Å²) < 4.78 is 5.40. The Hall–Kier alpha value is -1.10. The minimum Gasteiger partial charge on any atom is -0.338 e. The van der Waals surface area contributed by atoms with E-state index < -0.39 is 0 Å². The Balaban J connectivity index is 1.81. The highest BCUT2D eigenvalue weighted by Gasteiger charge is 2.36. The Kier molecular flexibility index (Phi) is 2.35. The van der Waals surface area contributed by atoms with Gasteiger partial charge in [-0.15, -0.1) is 0 Å². The molecule has 0 bridgehead atoms. The van der Waals surface area contributed by atoms with Crippen molar-refractivity contribution >= 4 is 5.95 Å². The van der Waals surface area contributed by atoms with Crippen molar-refractivity contribution in [3.63, 3.8) is 0 Å². The van der Waals surface area contributed by atoms with E-state index in [1.807, 2.05) is 0 Å². The Labute approximate surface area is 95.2 Å². The molecule has 0 radical (unpaired) electrons. The van der Waals surface area contributed by atoms with E-state index in [0.717, 1.165) is 37.9 Å². The molecule has 0 aromatic carbocycles. The molecular formula is C11H18N4O. The molecule has 1 aromatic rings. The summed E-state index contributed by atoms with van der Waals surface area (Å²) in [5.41, 5.74) is -0.106. The predicted octanol–water partition coefficient (Wildman–Crippen LogP) is 1.27. The highest BCUT2D eigenvalue weighted by atomic mass is 16.5. The van der Waals surface area contributed by atoms with Gasteiger partial charge in [-0.2, -0.15) is 4.98 Å². The Morgan fingerprint density at radius 3 is 2.81 bits per heavy atom. The minimum absolute atomic E-state index is 0.106. The summed E-state index contributed by atoms with van der Waals surface area (Å²) in [5, 5.41) is 7.53. The summed E-state index contributed by atoms with van der Waals surface area (Å²) in [6.07, 6.45) is 4.73. The number of aromatic nitrogens is 2. The van der Waals surface area contributed by atoms with Crippen LogP contribution in [0.1, 0.15) is 38.5 Å². The van der Waals surface area contributed by atoms with Crippen LogP contribution in [0, 0.1) is 0 Å². The maximum absolute atomic E-state index is 5.40. The van der Waals surface area contributed by atoms with Gasteiger partial charge in [-0.25, -0.2) is 0 Å². The first kappa shape index (κ1) is 10.1. The van der Waals surface area contributed by atoms with Crippen molar-refractivity contribution in [1.29, 1.82) is 0 Å². The van der Waals surface area contributed by atoms with E-state index in [9.17, 15) is 0 Å². The molecule has 1 unspecified atom stereocenters. The smallest absolute Gasteiger partial charge is 0.266 e. The number of nitrogens with one attached hydrogen (secondary N) is 1. The minimum atomic E-state index is -0.106. The first-order valence-electron chi connectivity index (χ1n) is 6.12. The molecule has 1 aromatic heterocycles. The molecule has 88 valence electrons. The van der Waals surface area contributed by atoms with E-state index in [4.69, 9.17) is 4.52 Å². The molecule has 2 aliphatic rings. The van der Waals surface area contributed by atoms with E-state index in [1.165, 1.54) is 19.3 Å². The Morgan fingerprint density at radius 2 is 2.12 bits per heavy atom. The number of anilines is 1. The maximum atomic E-state index is 5.40. The molecule has 3 heterocycles. The van der Waals surface area contributed by atoms with Crippen molar-refractivity contribution in [3.8, 4) is 0 Å². The van der Waals surface area contributed by atoms with E-state index >= 15 is 0 Å². The third-order valence-corrected chi connectivity index (χ3v) is 3.64. The van der Waals surface area contributed by atoms with Crippen molar-refractivity contribution in [2.45, 2.75) is 38.1 Å². The van der Waals surface area contributed by atoms with E-state index in [1.54, 1.807) is 0 Å². The van der Waals surface area contributed by atoms with Gasteiger partial charge in [0.2, 0.25) is 5.89 Å². The first-order chi connectivity index (χ1) is 7.78. The Morgan fingerprint density at radius 1 is 1.31 bits per heavy atom. The van der Waals surface area contributed by atoms with Crippen LogP contribution in [0.5, 0.6) is 0 Å². The topological polar surface area (TPSA) is 54.2 Å². The fourth-order valence-electron chi connectivity index (χ4n) is 2.56. The van der Waals surface area contributed by atoms with Crippen LogP contribution in [0.15, 0.2) is 4.52 Å². The second kappa shape index (κ2) is 3.73. The average Bonchev–Trinajstić information content (AvgIpc) is 2.98. The number of hydrogen-bond acceptors (Lipinski definition) is 5. The number of rotatable bonds is 2.